The fraction of sp³-hybridized carbons (Fsp3) is 0.125. The Morgan fingerprint density at radius 3 is 1.90 bits per heavy atom. The summed E-state index contributed by atoms with van der Waals surface area (Å²) in [5, 5.41) is 7.60. The molecule has 2 heteroatoms. The van der Waals surface area contributed by atoms with Crippen LogP contribution < -0.4 is 0 Å². The van der Waals surface area contributed by atoms with Crippen LogP contribution in [-0.4, -0.2) is 11.1 Å². The minimum atomic E-state index is -0.981. The van der Waals surface area contributed by atoms with Crippen molar-refractivity contribution < 1.29 is 9.90 Å². The van der Waals surface area contributed by atoms with E-state index in [0.29, 0.717) is 0 Å². The van der Waals surface area contributed by atoms with Crippen LogP contribution in [0.25, 0.3) is 0 Å². The summed E-state index contributed by atoms with van der Waals surface area (Å²) in [6.07, 6.45) is 6.41. The SMILES string of the molecule is C=C/C=C/C.C=CC(=O)O. The Morgan fingerprint density at radius 2 is 1.90 bits per heavy atom. The maximum Gasteiger partial charge on any atom is 0.327 e. The van der Waals surface area contributed by atoms with Crippen molar-refractivity contribution in [1.29, 1.82) is 0 Å². The molecule has 0 amide bonds. The highest BCUT2D eigenvalue weighted by Crippen LogP contribution is 1.64. The van der Waals surface area contributed by atoms with Crippen LogP contribution in [0.2, 0.25) is 0 Å². The first-order chi connectivity index (χ1) is 4.68. The van der Waals surface area contributed by atoms with E-state index in [0.717, 1.165) is 6.08 Å². The lowest BCUT2D eigenvalue weighted by Gasteiger charge is -1.64. The lowest BCUT2D eigenvalue weighted by molar-refractivity contribution is -0.131. The molecule has 10 heavy (non-hydrogen) atoms. The van der Waals surface area contributed by atoms with Gasteiger partial charge in [0.1, 0.15) is 0 Å². The molecule has 0 heterocycles. The van der Waals surface area contributed by atoms with E-state index < -0.39 is 5.97 Å². The molecule has 0 aromatic heterocycles. The maximum atomic E-state index is 9.25. The first-order valence-corrected chi connectivity index (χ1v) is 2.78. The lowest BCUT2D eigenvalue weighted by Crippen LogP contribution is -1.82. The molecule has 2 nitrogen and oxygen atoms in total. The van der Waals surface area contributed by atoms with Gasteiger partial charge < -0.3 is 5.11 Å². The quantitative estimate of drug-likeness (QED) is 0.470. The molecule has 0 unspecified atom stereocenters. The third-order valence-corrected chi connectivity index (χ3v) is 0.503. The lowest BCUT2D eigenvalue weighted by atomic mass is 10.5. The summed E-state index contributed by atoms with van der Waals surface area (Å²) in [5.74, 6) is -0.981. The van der Waals surface area contributed by atoms with Crippen molar-refractivity contribution in [2.75, 3.05) is 0 Å². The fourth-order valence-corrected chi connectivity index (χ4v) is 0.136. The van der Waals surface area contributed by atoms with Gasteiger partial charge in [0.25, 0.3) is 0 Å². The fourth-order valence-electron chi connectivity index (χ4n) is 0.136. The van der Waals surface area contributed by atoms with Crippen molar-refractivity contribution >= 4 is 5.97 Å². The van der Waals surface area contributed by atoms with E-state index in [2.05, 4.69) is 13.2 Å². The van der Waals surface area contributed by atoms with Crippen LogP contribution in [0.3, 0.4) is 0 Å². The molecule has 1 N–H and O–H groups in total. The molecule has 0 rings (SSSR count). The molecular formula is C8H12O2. The van der Waals surface area contributed by atoms with Gasteiger partial charge >= 0.3 is 5.97 Å². The van der Waals surface area contributed by atoms with E-state index in [1.54, 1.807) is 6.08 Å². The zero-order chi connectivity index (χ0) is 8.41. The number of aliphatic carboxylic acids is 1. The summed E-state index contributed by atoms with van der Waals surface area (Å²) in [5.41, 5.74) is 0. The normalized spacial score (nSPS) is 7.70. The Balaban J connectivity index is 0. The van der Waals surface area contributed by atoms with Gasteiger partial charge in [-0.25, -0.2) is 4.79 Å². The molecule has 56 valence electrons. The molecule has 0 atom stereocenters. The summed E-state index contributed by atoms with van der Waals surface area (Å²) < 4.78 is 0. The second-order valence-electron chi connectivity index (χ2n) is 1.30. The molecule has 0 saturated carbocycles. The minimum Gasteiger partial charge on any atom is -0.478 e. The monoisotopic (exact) mass is 140 g/mol. The van der Waals surface area contributed by atoms with Crippen LogP contribution in [0.15, 0.2) is 37.5 Å². The van der Waals surface area contributed by atoms with Crippen LogP contribution in [0.1, 0.15) is 6.92 Å². The predicted octanol–water partition coefficient (Wildman–Crippen LogP) is 2.01. The highest BCUT2D eigenvalue weighted by atomic mass is 16.4. The number of carboxylic acids is 1. The van der Waals surface area contributed by atoms with Gasteiger partial charge in [-0.1, -0.05) is 31.4 Å². The summed E-state index contributed by atoms with van der Waals surface area (Å²) in [7, 11) is 0. The van der Waals surface area contributed by atoms with Crippen molar-refractivity contribution in [2.24, 2.45) is 0 Å². The Labute approximate surface area is 61.2 Å². The molecule has 0 aromatic carbocycles. The number of carbonyl (C=O) groups is 1. The summed E-state index contributed by atoms with van der Waals surface area (Å²) in [4.78, 5) is 9.25. The largest absolute Gasteiger partial charge is 0.478 e. The van der Waals surface area contributed by atoms with E-state index >= 15 is 0 Å². The predicted molar refractivity (Wildman–Crippen MR) is 42.8 cm³/mol. The van der Waals surface area contributed by atoms with Gasteiger partial charge in [-0.05, 0) is 6.92 Å². The molecular weight excluding hydrogens is 128 g/mol. The van der Waals surface area contributed by atoms with Crippen LogP contribution >= 0.6 is 0 Å². The van der Waals surface area contributed by atoms with E-state index in [1.165, 1.54) is 0 Å². The average molecular weight is 140 g/mol. The third kappa shape index (κ3) is 29.9. The minimum absolute atomic E-state index is 0.833. The molecule has 0 fully saturated rings. The van der Waals surface area contributed by atoms with E-state index in [1.807, 2.05) is 19.1 Å². The Hall–Kier alpha value is -1.31. The second-order valence-corrected chi connectivity index (χ2v) is 1.30. The molecule has 0 aliphatic rings. The van der Waals surface area contributed by atoms with Crippen molar-refractivity contribution in [3.05, 3.63) is 37.5 Å². The van der Waals surface area contributed by atoms with Crippen molar-refractivity contribution in [3.63, 3.8) is 0 Å². The zero-order valence-corrected chi connectivity index (χ0v) is 6.08. The average Bonchev–Trinajstić information content (AvgIpc) is 1.91. The second kappa shape index (κ2) is 10.6. The van der Waals surface area contributed by atoms with Crippen LogP contribution in [0.5, 0.6) is 0 Å². The van der Waals surface area contributed by atoms with Gasteiger partial charge in [-0.15, -0.1) is 0 Å². The van der Waals surface area contributed by atoms with Gasteiger partial charge in [0.05, 0.1) is 0 Å². The van der Waals surface area contributed by atoms with Crippen molar-refractivity contribution in [1.82, 2.24) is 0 Å². The highest BCUT2D eigenvalue weighted by Gasteiger charge is 1.73. The molecule has 0 aliphatic heterocycles. The topological polar surface area (TPSA) is 37.3 Å². The Bertz CT molecular complexity index is 134. The molecule has 0 aromatic rings. The number of allylic oxidation sites excluding steroid dienone is 3. The molecule has 0 spiro atoms. The van der Waals surface area contributed by atoms with Crippen LogP contribution in [-0.2, 0) is 4.79 Å². The maximum absolute atomic E-state index is 9.25. The van der Waals surface area contributed by atoms with E-state index in [9.17, 15) is 4.79 Å². The van der Waals surface area contributed by atoms with Crippen molar-refractivity contribution in [2.45, 2.75) is 6.92 Å². The molecule has 0 radical (unpaired) electrons. The van der Waals surface area contributed by atoms with Gasteiger partial charge in [-0.3, -0.25) is 0 Å². The molecule has 0 bridgehead atoms. The van der Waals surface area contributed by atoms with Gasteiger partial charge in [0.2, 0.25) is 0 Å². The summed E-state index contributed by atoms with van der Waals surface area (Å²) in [6, 6.07) is 0. The Morgan fingerprint density at radius 1 is 1.50 bits per heavy atom. The van der Waals surface area contributed by atoms with Crippen molar-refractivity contribution in [3.8, 4) is 0 Å². The van der Waals surface area contributed by atoms with Gasteiger partial charge in [0.15, 0.2) is 0 Å². The smallest absolute Gasteiger partial charge is 0.327 e. The standard InChI is InChI=1S/C5H8.C3H4O2/c1-3-5-4-2;1-2-3(4)5/h3-5H,1H2,2H3;2H,1H2,(H,4,5)/b5-4+;. The van der Waals surface area contributed by atoms with Gasteiger partial charge in [-0.2, -0.15) is 0 Å². The number of hydrogen-bond acceptors (Lipinski definition) is 1. The van der Waals surface area contributed by atoms with Gasteiger partial charge in [0, 0.05) is 6.08 Å². The first kappa shape index (κ1) is 11.5. The zero-order valence-electron chi connectivity index (χ0n) is 6.08. The van der Waals surface area contributed by atoms with E-state index in [4.69, 9.17) is 5.11 Å². The summed E-state index contributed by atoms with van der Waals surface area (Å²) in [6.45, 7) is 8.38. The van der Waals surface area contributed by atoms with E-state index in [-0.39, 0.29) is 0 Å². The molecule has 0 aliphatic carbocycles. The highest BCUT2D eigenvalue weighted by molar-refractivity contribution is 5.78. The number of carboxylic acid groups (broad SMARTS) is 1. The third-order valence-electron chi connectivity index (χ3n) is 0.503. The molecule has 0 saturated heterocycles. The summed E-state index contributed by atoms with van der Waals surface area (Å²) >= 11 is 0. The number of rotatable bonds is 2. The Kier molecular flexibility index (Phi) is 12.2. The first-order valence-electron chi connectivity index (χ1n) is 2.78. The van der Waals surface area contributed by atoms with Crippen LogP contribution in [0.4, 0.5) is 0 Å². The number of hydrogen-bond donors (Lipinski definition) is 1. The van der Waals surface area contributed by atoms with Crippen LogP contribution in [0, 0.1) is 0 Å².